The van der Waals surface area contributed by atoms with Crippen molar-refractivity contribution in [2.24, 2.45) is 7.05 Å². The minimum absolute atomic E-state index is 0. The van der Waals surface area contributed by atoms with Crippen LogP contribution in [0.3, 0.4) is 0 Å². The zero-order valence-electron chi connectivity index (χ0n) is 16.6. The van der Waals surface area contributed by atoms with Crippen LogP contribution in [-0.2, 0) is 12.6 Å². The van der Waals surface area contributed by atoms with Crippen molar-refractivity contribution >= 4 is 16.8 Å². The molecule has 0 unspecified atom stereocenters. The highest BCUT2D eigenvalue weighted by molar-refractivity contribution is 5.98. The summed E-state index contributed by atoms with van der Waals surface area (Å²) < 4.78 is 8.50. The first kappa shape index (κ1) is 17.3. The van der Waals surface area contributed by atoms with Crippen molar-refractivity contribution in [1.82, 2.24) is 24.9 Å². The maximum absolute atomic E-state index is 13.1. The molecule has 0 saturated carbocycles. The number of hydrogen-bond acceptors (Lipinski definition) is 4. The van der Waals surface area contributed by atoms with Crippen LogP contribution in [0.4, 0.5) is 0 Å². The van der Waals surface area contributed by atoms with Gasteiger partial charge in [0.15, 0.2) is 0 Å². The van der Waals surface area contributed by atoms with Gasteiger partial charge in [0.1, 0.15) is 11.4 Å². The Morgan fingerprint density at radius 2 is 2.00 bits per heavy atom. The largest absolute Gasteiger partial charge is 0.482 e. The minimum atomic E-state index is -0.441. The number of aromatic nitrogens is 4. The van der Waals surface area contributed by atoms with Gasteiger partial charge in [-0.1, -0.05) is 12.1 Å². The van der Waals surface area contributed by atoms with Crippen molar-refractivity contribution in [3.63, 3.8) is 0 Å². The second kappa shape index (κ2) is 6.19. The zero-order valence-corrected chi connectivity index (χ0v) is 16.6. The number of rotatable bonds is 1. The van der Waals surface area contributed by atoms with Crippen LogP contribution in [0, 0.1) is 0 Å². The molecule has 4 heterocycles. The highest BCUT2D eigenvalue weighted by Crippen LogP contribution is 2.49. The monoisotopic (exact) mass is 401 g/mol. The van der Waals surface area contributed by atoms with E-state index in [1.165, 1.54) is 0 Å². The average Bonchev–Trinajstić information content (AvgIpc) is 3.41. The molecule has 30 heavy (non-hydrogen) atoms. The molecule has 2 aromatic carbocycles. The van der Waals surface area contributed by atoms with Gasteiger partial charge >= 0.3 is 0 Å². The summed E-state index contributed by atoms with van der Waals surface area (Å²) in [6.45, 7) is 1.28. The fourth-order valence-corrected chi connectivity index (χ4v) is 4.81. The van der Waals surface area contributed by atoms with E-state index in [9.17, 15) is 4.79 Å². The average molecular weight is 401 g/mol. The lowest BCUT2D eigenvalue weighted by Gasteiger charge is -2.44. The maximum Gasteiger partial charge on any atom is 0.253 e. The van der Waals surface area contributed by atoms with Crippen molar-refractivity contribution in [3.05, 3.63) is 66.0 Å². The van der Waals surface area contributed by atoms with Crippen LogP contribution in [0.2, 0.25) is 0 Å². The van der Waals surface area contributed by atoms with Gasteiger partial charge in [0.25, 0.3) is 5.91 Å². The number of hydrogen-bond donors (Lipinski definition) is 1. The quantitative estimate of drug-likeness (QED) is 0.527. The Morgan fingerprint density at radius 3 is 2.87 bits per heavy atom. The van der Waals surface area contributed by atoms with E-state index in [-0.39, 0.29) is 7.33 Å². The molecule has 6 rings (SSSR count). The second-order valence-electron chi connectivity index (χ2n) is 8.09. The Morgan fingerprint density at radius 1 is 1.17 bits per heavy atom. The number of amides is 1. The Labute approximate surface area is 174 Å². The van der Waals surface area contributed by atoms with Crippen molar-refractivity contribution in [2.75, 3.05) is 13.1 Å². The summed E-state index contributed by atoms with van der Waals surface area (Å²) in [4.78, 5) is 15.0. The third-order valence-corrected chi connectivity index (χ3v) is 6.42. The lowest BCUT2D eigenvalue weighted by Crippen LogP contribution is -2.49. The number of H-pyrrole nitrogens is 1. The third-order valence-electron chi connectivity index (χ3n) is 6.42. The van der Waals surface area contributed by atoms with Gasteiger partial charge < -0.3 is 9.64 Å². The number of aryl methyl sites for hydroxylation is 1. The predicted octanol–water partition coefficient (Wildman–Crippen LogP) is 3.73. The number of fused-ring (bicyclic) bond motifs is 5. The Hall–Kier alpha value is -3.61. The molecule has 7 heteroatoms. The van der Waals surface area contributed by atoms with Gasteiger partial charge in [-0.15, -0.1) is 0 Å². The number of carbonyl (C=O) groups is 1. The highest BCUT2D eigenvalue weighted by Gasteiger charge is 2.45. The van der Waals surface area contributed by atoms with Crippen molar-refractivity contribution in [1.29, 1.82) is 0 Å². The number of ether oxygens (including phenoxy) is 1. The number of benzene rings is 2. The molecule has 0 bridgehead atoms. The van der Waals surface area contributed by atoms with Crippen molar-refractivity contribution in [3.8, 4) is 17.0 Å². The fraction of sp³-hybridized carbons (Fsp3) is 0.261. The normalized spacial score (nSPS) is 16.9. The van der Waals surface area contributed by atoms with Crippen LogP contribution < -0.4 is 4.74 Å². The van der Waals surface area contributed by atoms with E-state index < -0.39 is 5.60 Å². The molecule has 1 amide bonds. The highest BCUT2D eigenvalue weighted by atomic mass is 16.5. The molecule has 0 radical (unpaired) electrons. The van der Waals surface area contributed by atoms with E-state index in [0.717, 1.165) is 46.3 Å². The summed E-state index contributed by atoms with van der Waals surface area (Å²) in [6.07, 6.45) is 5.14. The van der Waals surface area contributed by atoms with Crippen LogP contribution in [-0.4, -0.2) is 43.9 Å². The summed E-state index contributed by atoms with van der Waals surface area (Å²) >= 11 is 0. The molecule has 1 fully saturated rings. The first-order chi connectivity index (χ1) is 14.6. The van der Waals surface area contributed by atoms with E-state index in [0.29, 0.717) is 18.7 Å². The number of nitrogens with zero attached hydrogens (tertiary/aromatic N) is 4. The van der Waals surface area contributed by atoms with E-state index >= 15 is 0 Å². The van der Waals surface area contributed by atoms with Crippen LogP contribution in [0.15, 0.2) is 54.9 Å². The summed E-state index contributed by atoms with van der Waals surface area (Å²) in [5, 5.41) is 12.4. The number of nitrogens with one attached hydrogen (secondary N) is 1. The molecule has 1 N–H and O–H groups in total. The van der Waals surface area contributed by atoms with Crippen LogP contribution in [0.5, 0.6) is 5.75 Å². The number of aromatic amines is 1. The smallest absolute Gasteiger partial charge is 0.253 e. The van der Waals surface area contributed by atoms with Gasteiger partial charge in [-0.3, -0.25) is 14.6 Å². The SMILES string of the molecule is Cn1ncc2c1-c1ccccc1OC21CCN(C(=O)c2ccc3[nH]ncc3c2)CC1.[HH]. The molecule has 152 valence electrons. The van der Waals surface area contributed by atoms with E-state index in [2.05, 4.69) is 21.4 Å². The van der Waals surface area contributed by atoms with E-state index in [4.69, 9.17) is 4.74 Å². The van der Waals surface area contributed by atoms with Gasteiger partial charge in [0.05, 0.1) is 23.6 Å². The topological polar surface area (TPSA) is 76.0 Å². The van der Waals surface area contributed by atoms with Crippen molar-refractivity contribution in [2.45, 2.75) is 18.4 Å². The lowest BCUT2D eigenvalue weighted by molar-refractivity contribution is -0.00171. The maximum atomic E-state index is 13.1. The Kier molecular flexibility index (Phi) is 3.56. The molecule has 0 atom stereocenters. The summed E-state index contributed by atoms with van der Waals surface area (Å²) in [7, 11) is 1.97. The van der Waals surface area contributed by atoms with Crippen molar-refractivity contribution < 1.29 is 11.0 Å². The predicted molar refractivity (Wildman–Crippen MR) is 114 cm³/mol. The van der Waals surface area contributed by atoms with Gasteiger partial charge in [0, 0.05) is 56.5 Å². The first-order valence-corrected chi connectivity index (χ1v) is 10.2. The summed E-state index contributed by atoms with van der Waals surface area (Å²) in [5.41, 5.74) is 4.49. The molecular weight excluding hydrogens is 378 g/mol. The minimum Gasteiger partial charge on any atom is -0.482 e. The molecule has 2 aromatic heterocycles. The standard InChI is InChI=1S/C23H21N5O2.H2/c1-27-21-17-4-2-3-5-20(17)30-23(18(21)14-25-27)8-10-28(11-9-23)22(29)15-6-7-19-16(12-15)13-24-26-19;/h2-7,12-14H,8-11H2,1H3,(H,24,26);1H. The first-order valence-electron chi connectivity index (χ1n) is 10.2. The van der Waals surface area contributed by atoms with Gasteiger partial charge in [0.2, 0.25) is 0 Å². The Balaban J connectivity index is 0.00000204. The Bertz CT molecular complexity index is 1290. The molecule has 1 spiro atoms. The van der Waals surface area contributed by atoms with E-state index in [1.54, 1.807) is 6.20 Å². The zero-order chi connectivity index (χ0) is 20.3. The third kappa shape index (κ3) is 2.41. The molecular formula is C23H23N5O2. The van der Waals surface area contributed by atoms with Crippen LogP contribution in [0.1, 0.15) is 30.2 Å². The second-order valence-corrected chi connectivity index (χ2v) is 8.09. The number of para-hydroxylation sites is 1. The summed E-state index contributed by atoms with van der Waals surface area (Å²) in [5.74, 6) is 0.939. The van der Waals surface area contributed by atoms with E-state index in [1.807, 2.05) is 59.2 Å². The molecule has 1 saturated heterocycles. The molecule has 4 aromatic rings. The molecule has 0 aliphatic carbocycles. The number of likely N-dealkylation sites (tertiary alicyclic amines) is 1. The van der Waals surface area contributed by atoms with Gasteiger partial charge in [-0.05, 0) is 30.3 Å². The van der Waals surface area contributed by atoms with Gasteiger partial charge in [-0.25, -0.2) is 0 Å². The lowest BCUT2D eigenvalue weighted by atomic mass is 9.81. The molecule has 7 nitrogen and oxygen atoms in total. The van der Waals surface area contributed by atoms with Gasteiger partial charge in [-0.2, -0.15) is 10.2 Å². The fourth-order valence-electron chi connectivity index (χ4n) is 4.81. The summed E-state index contributed by atoms with van der Waals surface area (Å²) in [6, 6.07) is 13.8. The van der Waals surface area contributed by atoms with Crippen LogP contribution >= 0.6 is 0 Å². The molecule has 2 aliphatic rings. The number of piperidine rings is 1. The van der Waals surface area contributed by atoms with Crippen LogP contribution in [0.25, 0.3) is 22.2 Å². The number of carbonyl (C=O) groups excluding carboxylic acids is 1. The molecule has 2 aliphatic heterocycles.